The summed E-state index contributed by atoms with van der Waals surface area (Å²) in [7, 11) is 1.73. The number of hydrogen-bond acceptors (Lipinski definition) is 6. The molecule has 3 aromatic rings. The van der Waals surface area contributed by atoms with Crippen LogP contribution >= 0.6 is 11.3 Å². The quantitative estimate of drug-likeness (QED) is 0.635. The van der Waals surface area contributed by atoms with Crippen LogP contribution in [0.5, 0.6) is 0 Å². The van der Waals surface area contributed by atoms with Gasteiger partial charge in [0, 0.05) is 48.1 Å². The molecular weight excluding hydrogens is 414 g/mol. The third-order valence-electron chi connectivity index (χ3n) is 5.58. The van der Waals surface area contributed by atoms with Crippen molar-refractivity contribution in [2.24, 2.45) is 12.8 Å². The molecule has 0 spiro atoms. The standard InChI is InChI=1S/C22H25N5O3S/c1-13(28)25-19-9-14(6-7-24-19)17-12-26(2)22(30)16-10-15(31-20(16)17)11-27-8-4-3-5-18(27)21(23)29/h6-7,9-10,12,18H,3-5,8,11H2,1-2H3,(H2,23,29)(H,24,25,28). The number of hydrogen-bond donors (Lipinski definition) is 2. The molecule has 1 aliphatic rings. The van der Waals surface area contributed by atoms with Crippen molar-refractivity contribution in [3.05, 3.63) is 45.8 Å². The monoisotopic (exact) mass is 439 g/mol. The number of likely N-dealkylation sites (tertiary alicyclic amines) is 1. The third-order valence-corrected chi connectivity index (χ3v) is 6.73. The lowest BCUT2D eigenvalue weighted by Crippen LogP contribution is -2.46. The van der Waals surface area contributed by atoms with E-state index in [-0.39, 0.29) is 23.4 Å². The SMILES string of the molecule is CC(=O)Nc1cc(-c2cn(C)c(=O)c3cc(CN4CCCCC4C(N)=O)sc23)ccn1. The maximum absolute atomic E-state index is 12.8. The van der Waals surface area contributed by atoms with Crippen molar-refractivity contribution < 1.29 is 9.59 Å². The van der Waals surface area contributed by atoms with Crippen molar-refractivity contribution >= 4 is 39.1 Å². The van der Waals surface area contributed by atoms with E-state index in [1.165, 1.54) is 6.92 Å². The number of rotatable bonds is 5. The number of pyridine rings is 2. The maximum atomic E-state index is 12.8. The molecule has 31 heavy (non-hydrogen) atoms. The molecule has 3 aromatic heterocycles. The second kappa shape index (κ2) is 8.60. The Hall–Kier alpha value is -3.04. The first-order valence-electron chi connectivity index (χ1n) is 10.2. The number of anilines is 1. The number of carbonyl (C=O) groups is 2. The van der Waals surface area contributed by atoms with Crippen LogP contribution in [0.15, 0.2) is 35.4 Å². The molecule has 3 N–H and O–H groups in total. The molecule has 8 nitrogen and oxygen atoms in total. The van der Waals surface area contributed by atoms with Crippen LogP contribution in [0.4, 0.5) is 5.82 Å². The first-order chi connectivity index (χ1) is 14.8. The lowest BCUT2D eigenvalue weighted by Gasteiger charge is -2.33. The zero-order valence-corrected chi connectivity index (χ0v) is 18.4. The Kier molecular flexibility index (Phi) is 5.88. The Morgan fingerprint density at radius 3 is 2.87 bits per heavy atom. The number of aromatic nitrogens is 2. The smallest absolute Gasteiger partial charge is 0.259 e. The molecule has 0 aliphatic carbocycles. The molecule has 0 saturated carbocycles. The van der Waals surface area contributed by atoms with Gasteiger partial charge in [-0.05, 0) is 43.1 Å². The highest BCUT2D eigenvalue weighted by atomic mass is 32.1. The van der Waals surface area contributed by atoms with Gasteiger partial charge in [-0.25, -0.2) is 4.98 Å². The first-order valence-corrected chi connectivity index (χ1v) is 11.0. The summed E-state index contributed by atoms with van der Waals surface area (Å²) in [6, 6.07) is 5.32. The van der Waals surface area contributed by atoms with Gasteiger partial charge in [0.1, 0.15) is 5.82 Å². The highest BCUT2D eigenvalue weighted by Gasteiger charge is 2.27. The number of primary amides is 1. The number of fused-ring (bicyclic) bond motifs is 1. The van der Waals surface area contributed by atoms with Gasteiger partial charge in [-0.1, -0.05) is 6.42 Å². The van der Waals surface area contributed by atoms with E-state index < -0.39 is 0 Å². The molecule has 1 atom stereocenters. The Labute approximate surface area is 183 Å². The fourth-order valence-corrected chi connectivity index (χ4v) is 5.34. The number of nitrogens with one attached hydrogen (secondary N) is 1. The summed E-state index contributed by atoms with van der Waals surface area (Å²) in [6.45, 7) is 2.84. The zero-order chi connectivity index (χ0) is 22.1. The van der Waals surface area contributed by atoms with Crippen LogP contribution in [0.1, 0.15) is 31.1 Å². The van der Waals surface area contributed by atoms with Gasteiger partial charge in [0.25, 0.3) is 5.56 Å². The van der Waals surface area contributed by atoms with E-state index in [1.807, 2.05) is 18.3 Å². The Bertz CT molecular complexity index is 1220. The van der Waals surface area contributed by atoms with E-state index in [4.69, 9.17) is 5.73 Å². The number of piperidine rings is 1. The largest absolute Gasteiger partial charge is 0.368 e. The summed E-state index contributed by atoms with van der Waals surface area (Å²) in [5.41, 5.74) is 7.30. The molecule has 1 unspecified atom stereocenters. The van der Waals surface area contributed by atoms with Crippen molar-refractivity contribution in [3.8, 4) is 11.1 Å². The summed E-state index contributed by atoms with van der Waals surface area (Å²) in [5, 5.41) is 3.34. The van der Waals surface area contributed by atoms with Crippen molar-refractivity contribution in [1.29, 1.82) is 0 Å². The zero-order valence-electron chi connectivity index (χ0n) is 17.6. The average Bonchev–Trinajstić information content (AvgIpc) is 3.14. The van der Waals surface area contributed by atoms with Gasteiger partial charge in [0.15, 0.2) is 0 Å². The van der Waals surface area contributed by atoms with Gasteiger partial charge < -0.3 is 15.6 Å². The highest BCUT2D eigenvalue weighted by Crippen LogP contribution is 2.35. The predicted molar refractivity (Wildman–Crippen MR) is 122 cm³/mol. The fraction of sp³-hybridized carbons (Fsp3) is 0.364. The van der Waals surface area contributed by atoms with Gasteiger partial charge in [-0.15, -0.1) is 11.3 Å². The lowest BCUT2D eigenvalue weighted by molar-refractivity contribution is -0.124. The van der Waals surface area contributed by atoms with E-state index >= 15 is 0 Å². The Morgan fingerprint density at radius 1 is 1.32 bits per heavy atom. The topological polar surface area (TPSA) is 110 Å². The van der Waals surface area contributed by atoms with Crippen molar-refractivity contribution in [3.63, 3.8) is 0 Å². The average molecular weight is 440 g/mol. The molecule has 4 heterocycles. The van der Waals surface area contributed by atoms with E-state index in [2.05, 4.69) is 15.2 Å². The minimum Gasteiger partial charge on any atom is -0.368 e. The second-order valence-electron chi connectivity index (χ2n) is 7.91. The second-order valence-corrected chi connectivity index (χ2v) is 9.05. The molecule has 0 radical (unpaired) electrons. The number of aryl methyl sites for hydroxylation is 1. The summed E-state index contributed by atoms with van der Waals surface area (Å²) >= 11 is 1.55. The van der Waals surface area contributed by atoms with Crippen LogP contribution < -0.4 is 16.6 Å². The van der Waals surface area contributed by atoms with Gasteiger partial charge in [0.2, 0.25) is 11.8 Å². The van der Waals surface area contributed by atoms with Crippen molar-refractivity contribution in [1.82, 2.24) is 14.5 Å². The van der Waals surface area contributed by atoms with Gasteiger partial charge in [-0.3, -0.25) is 19.3 Å². The van der Waals surface area contributed by atoms with Crippen LogP contribution in [0.25, 0.3) is 21.2 Å². The number of nitrogens with two attached hydrogens (primary N) is 1. The Morgan fingerprint density at radius 2 is 2.13 bits per heavy atom. The molecular formula is C22H25N5O3S. The maximum Gasteiger partial charge on any atom is 0.259 e. The Balaban J connectivity index is 1.76. The number of thiophene rings is 1. The van der Waals surface area contributed by atoms with Gasteiger partial charge in [-0.2, -0.15) is 0 Å². The minimum absolute atomic E-state index is 0.0671. The molecule has 1 saturated heterocycles. The molecule has 0 bridgehead atoms. The minimum atomic E-state index is -0.292. The van der Waals surface area contributed by atoms with Gasteiger partial charge in [0.05, 0.1) is 11.4 Å². The molecule has 9 heteroatoms. The summed E-state index contributed by atoms with van der Waals surface area (Å²) in [5.74, 6) is -0.0275. The molecule has 1 fully saturated rings. The van der Waals surface area contributed by atoms with Gasteiger partial charge >= 0.3 is 0 Å². The van der Waals surface area contributed by atoms with Crippen LogP contribution in [-0.4, -0.2) is 38.9 Å². The number of amides is 2. The number of nitrogens with zero attached hydrogens (tertiary/aromatic N) is 3. The molecule has 162 valence electrons. The normalized spacial score (nSPS) is 17.0. The third kappa shape index (κ3) is 4.38. The van der Waals surface area contributed by atoms with E-state index in [1.54, 1.807) is 35.2 Å². The van der Waals surface area contributed by atoms with Crippen LogP contribution in [0.2, 0.25) is 0 Å². The summed E-state index contributed by atoms with van der Waals surface area (Å²) in [6.07, 6.45) is 6.25. The lowest BCUT2D eigenvalue weighted by atomic mass is 10.0. The highest BCUT2D eigenvalue weighted by molar-refractivity contribution is 7.19. The predicted octanol–water partition coefficient (Wildman–Crippen LogP) is 2.46. The summed E-state index contributed by atoms with van der Waals surface area (Å²) < 4.78 is 2.45. The van der Waals surface area contributed by atoms with E-state index in [9.17, 15) is 14.4 Å². The van der Waals surface area contributed by atoms with E-state index in [0.29, 0.717) is 17.7 Å². The molecule has 4 rings (SSSR count). The van der Waals surface area contributed by atoms with Crippen LogP contribution in [0, 0.1) is 0 Å². The molecule has 1 aliphatic heterocycles. The van der Waals surface area contributed by atoms with Crippen molar-refractivity contribution in [2.75, 3.05) is 11.9 Å². The first kappa shape index (κ1) is 21.2. The fourth-order valence-electron chi connectivity index (χ4n) is 4.13. The van der Waals surface area contributed by atoms with Crippen LogP contribution in [0.3, 0.4) is 0 Å². The van der Waals surface area contributed by atoms with Crippen LogP contribution in [-0.2, 0) is 23.2 Å². The van der Waals surface area contributed by atoms with E-state index in [0.717, 1.165) is 46.5 Å². The summed E-state index contributed by atoms with van der Waals surface area (Å²) in [4.78, 5) is 43.4. The number of carbonyl (C=O) groups excluding carboxylic acids is 2. The molecule has 2 amide bonds. The molecule has 0 aromatic carbocycles. The van der Waals surface area contributed by atoms with Crippen molar-refractivity contribution in [2.45, 2.75) is 38.8 Å².